The first kappa shape index (κ1) is 24.4. The van der Waals surface area contributed by atoms with Gasteiger partial charge >= 0.3 is 0 Å². The molecular weight excluding hydrogens is 428 g/mol. The van der Waals surface area contributed by atoms with E-state index in [2.05, 4.69) is 24.3 Å². The Bertz CT molecular complexity index is 1040. The lowest BCUT2D eigenvalue weighted by atomic mass is 10.1. The number of aryl methyl sites for hydroxylation is 1. The molecule has 1 N–H and O–H groups in total. The molecule has 8 nitrogen and oxygen atoms in total. The van der Waals surface area contributed by atoms with E-state index in [1.54, 1.807) is 0 Å². The van der Waals surface area contributed by atoms with Crippen LogP contribution in [-0.2, 0) is 44.8 Å². The highest BCUT2D eigenvalue weighted by atomic mass is 32.2. The number of hydrogen-bond acceptors (Lipinski definition) is 5. The lowest BCUT2D eigenvalue weighted by Gasteiger charge is -2.26. The van der Waals surface area contributed by atoms with E-state index in [9.17, 15) is 13.2 Å². The molecule has 1 fully saturated rings. The van der Waals surface area contributed by atoms with E-state index < -0.39 is 10.0 Å². The van der Waals surface area contributed by atoms with Crippen LogP contribution in [0.3, 0.4) is 0 Å². The van der Waals surface area contributed by atoms with Crippen molar-refractivity contribution in [2.24, 2.45) is 5.92 Å². The summed E-state index contributed by atoms with van der Waals surface area (Å²) < 4.78 is 34.3. The molecule has 1 aliphatic heterocycles. The molecule has 2 aromatic rings. The van der Waals surface area contributed by atoms with Crippen LogP contribution in [0.4, 0.5) is 0 Å². The van der Waals surface area contributed by atoms with Gasteiger partial charge in [-0.05, 0) is 30.9 Å². The highest BCUT2D eigenvalue weighted by Gasteiger charge is 2.25. The topological polar surface area (TPSA) is 93.5 Å². The molecule has 0 aliphatic carbocycles. The van der Waals surface area contributed by atoms with Gasteiger partial charge in [0.1, 0.15) is 0 Å². The Kier molecular flexibility index (Phi) is 8.08. The van der Waals surface area contributed by atoms with Crippen LogP contribution in [0.5, 0.6) is 0 Å². The lowest BCUT2D eigenvalue weighted by molar-refractivity contribution is -0.120. The number of carbonyl (C=O) groups is 1. The van der Waals surface area contributed by atoms with E-state index in [0.717, 1.165) is 29.1 Å². The van der Waals surface area contributed by atoms with Crippen molar-refractivity contribution in [1.82, 2.24) is 19.4 Å². The molecule has 1 aliphatic rings. The Balaban J connectivity index is 1.64. The van der Waals surface area contributed by atoms with Gasteiger partial charge in [-0.25, -0.2) is 8.42 Å². The van der Waals surface area contributed by atoms with Crippen LogP contribution in [0.25, 0.3) is 0 Å². The summed E-state index contributed by atoms with van der Waals surface area (Å²) in [6.07, 6.45) is 0.254. The minimum atomic E-state index is -3.43. The SMILES string of the molecule is Cc1nn(CC(C)C)c(C)c1CC(=O)NCc1ccccc1CS(=O)(=O)N1CCOCC1. The predicted octanol–water partition coefficient (Wildman–Crippen LogP) is 2.18. The number of carbonyl (C=O) groups excluding carboxylic acids is 1. The summed E-state index contributed by atoms with van der Waals surface area (Å²) in [6.45, 7) is 10.9. The number of aromatic nitrogens is 2. The van der Waals surface area contributed by atoms with Gasteiger partial charge in [-0.1, -0.05) is 38.1 Å². The fraction of sp³-hybridized carbons (Fsp3) is 0.565. The summed E-state index contributed by atoms with van der Waals surface area (Å²) in [5.74, 6) is 0.283. The lowest BCUT2D eigenvalue weighted by Crippen LogP contribution is -2.41. The third-order valence-electron chi connectivity index (χ3n) is 5.70. The average molecular weight is 463 g/mol. The Morgan fingerprint density at radius 2 is 1.81 bits per heavy atom. The fourth-order valence-corrected chi connectivity index (χ4v) is 5.48. The number of ether oxygens (including phenoxy) is 1. The van der Waals surface area contributed by atoms with Crippen LogP contribution in [0.15, 0.2) is 24.3 Å². The van der Waals surface area contributed by atoms with Gasteiger partial charge < -0.3 is 10.1 Å². The maximum absolute atomic E-state index is 12.8. The predicted molar refractivity (Wildman–Crippen MR) is 124 cm³/mol. The molecule has 0 bridgehead atoms. The van der Waals surface area contributed by atoms with Crippen LogP contribution < -0.4 is 5.32 Å². The van der Waals surface area contributed by atoms with Crippen LogP contribution in [-0.4, -0.2) is 54.7 Å². The summed E-state index contributed by atoms with van der Waals surface area (Å²) in [5.41, 5.74) is 4.35. The molecule has 2 heterocycles. The quantitative estimate of drug-likeness (QED) is 0.617. The van der Waals surface area contributed by atoms with Gasteiger partial charge in [0.25, 0.3) is 0 Å². The van der Waals surface area contributed by atoms with E-state index in [-0.39, 0.29) is 24.6 Å². The molecule has 0 spiro atoms. The maximum Gasteiger partial charge on any atom is 0.224 e. The second kappa shape index (κ2) is 10.6. The number of nitrogens with zero attached hydrogens (tertiary/aromatic N) is 3. The fourth-order valence-electron chi connectivity index (χ4n) is 3.91. The second-order valence-electron chi connectivity index (χ2n) is 8.72. The standard InChI is InChI=1S/C23H34N4O4S/c1-17(2)15-27-19(4)22(18(3)25-27)13-23(28)24-14-20-7-5-6-8-21(20)16-32(29,30)26-9-11-31-12-10-26/h5-8,17H,9-16H2,1-4H3,(H,24,28). The smallest absolute Gasteiger partial charge is 0.224 e. The van der Waals surface area contributed by atoms with Crippen molar-refractivity contribution in [2.75, 3.05) is 26.3 Å². The van der Waals surface area contributed by atoms with Crippen LogP contribution in [0.2, 0.25) is 0 Å². The van der Waals surface area contributed by atoms with E-state index in [4.69, 9.17) is 4.74 Å². The number of sulfonamides is 1. The second-order valence-corrected chi connectivity index (χ2v) is 10.7. The molecule has 3 rings (SSSR count). The van der Waals surface area contributed by atoms with Gasteiger partial charge in [-0.15, -0.1) is 0 Å². The third-order valence-corrected chi connectivity index (χ3v) is 7.53. The van der Waals surface area contributed by atoms with Gasteiger partial charge in [-0.2, -0.15) is 9.40 Å². The maximum atomic E-state index is 12.8. The number of morpholine rings is 1. The van der Waals surface area contributed by atoms with Crippen molar-refractivity contribution in [1.29, 1.82) is 0 Å². The van der Waals surface area contributed by atoms with Crippen molar-refractivity contribution in [3.05, 3.63) is 52.3 Å². The first-order valence-corrected chi connectivity index (χ1v) is 12.7. The van der Waals surface area contributed by atoms with Crippen LogP contribution in [0, 0.1) is 19.8 Å². The zero-order valence-electron chi connectivity index (χ0n) is 19.4. The van der Waals surface area contributed by atoms with E-state index in [1.807, 2.05) is 42.8 Å². The Morgan fingerprint density at radius 1 is 1.16 bits per heavy atom. The highest BCUT2D eigenvalue weighted by Crippen LogP contribution is 2.18. The van der Waals surface area contributed by atoms with E-state index in [1.165, 1.54) is 4.31 Å². The zero-order valence-corrected chi connectivity index (χ0v) is 20.2. The van der Waals surface area contributed by atoms with Gasteiger partial charge in [0.05, 0.1) is 31.1 Å². The summed E-state index contributed by atoms with van der Waals surface area (Å²) >= 11 is 0. The first-order chi connectivity index (χ1) is 15.2. The molecule has 0 saturated carbocycles. The number of benzene rings is 1. The van der Waals surface area contributed by atoms with Crippen molar-refractivity contribution in [3.63, 3.8) is 0 Å². The summed E-state index contributed by atoms with van der Waals surface area (Å²) in [6, 6.07) is 7.35. The van der Waals surface area contributed by atoms with E-state index in [0.29, 0.717) is 37.8 Å². The number of hydrogen-bond donors (Lipinski definition) is 1. The van der Waals surface area contributed by atoms with Crippen LogP contribution >= 0.6 is 0 Å². The summed E-state index contributed by atoms with van der Waals surface area (Å²) in [5, 5.41) is 7.53. The molecule has 9 heteroatoms. The molecule has 0 radical (unpaired) electrons. The minimum Gasteiger partial charge on any atom is -0.379 e. The van der Waals surface area contributed by atoms with Crippen molar-refractivity contribution < 1.29 is 17.9 Å². The molecular formula is C23H34N4O4S. The van der Waals surface area contributed by atoms with Gasteiger partial charge in [0.15, 0.2) is 0 Å². The number of rotatable bonds is 9. The zero-order chi connectivity index (χ0) is 23.3. The number of nitrogens with one attached hydrogen (secondary N) is 1. The molecule has 32 heavy (non-hydrogen) atoms. The molecule has 1 amide bonds. The van der Waals surface area contributed by atoms with Crippen molar-refractivity contribution >= 4 is 15.9 Å². The first-order valence-electron chi connectivity index (χ1n) is 11.1. The minimum absolute atomic E-state index is 0.0841. The molecule has 1 aromatic heterocycles. The Hall–Kier alpha value is -2.23. The van der Waals surface area contributed by atoms with Crippen LogP contribution in [0.1, 0.15) is 41.9 Å². The van der Waals surface area contributed by atoms with Gasteiger partial charge in [-0.3, -0.25) is 9.48 Å². The van der Waals surface area contributed by atoms with E-state index >= 15 is 0 Å². The third kappa shape index (κ3) is 6.17. The average Bonchev–Trinajstić information content (AvgIpc) is 3.00. The van der Waals surface area contributed by atoms with Gasteiger partial charge in [0.2, 0.25) is 15.9 Å². The molecule has 1 saturated heterocycles. The molecule has 1 aromatic carbocycles. The van der Waals surface area contributed by atoms with Crippen molar-refractivity contribution in [3.8, 4) is 0 Å². The largest absolute Gasteiger partial charge is 0.379 e. The Morgan fingerprint density at radius 3 is 2.47 bits per heavy atom. The highest BCUT2D eigenvalue weighted by molar-refractivity contribution is 7.88. The Labute approximate surface area is 191 Å². The summed E-state index contributed by atoms with van der Waals surface area (Å²) in [7, 11) is -3.43. The molecule has 0 unspecified atom stereocenters. The summed E-state index contributed by atoms with van der Waals surface area (Å²) in [4.78, 5) is 12.7. The van der Waals surface area contributed by atoms with Gasteiger partial charge in [0, 0.05) is 37.4 Å². The molecule has 176 valence electrons. The monoisotopic (exact) mass is 462 g/mol. The number of amides is 1. The normalized spacial score (nSPS) is 15.3. The molecule has 0 atom stereocenters. The van der Waals surface area contributed by atoms with Crippen molar-refractivity contribution in [2.45, 2.75) is 53.0 Å².